The van der Waals surface area contributed by atoms with E-state index in [9.17, 15) is 16.8 Å². The quantitative estimate of drug-likeness (QED) is 0.754. The van der Waals surface area contributed by atoms with Crippen molar-refractivity contribution in [3.05, 3.63) is 70.3 Å². The summed E-state index contributed by atoms with van der Waals surface area (Å²) in [6.07, 6.45) is 3.71. The summed E-state index contributed by atoms with van der Waals surface area (Å²) in [5.41, 5.74) is 5.37. The molecule has 0 bridgehead atoms. The van der Waals surface area contributed by atoms with Gasteiger partial charge in [0.25, 0.3) is 0 Å². The maximum Gasteiger partial charge on any atom is 0.238 e. The van der Waals surface area contributed by atoms with Crippen molar-refractivity contribution in [3.8, 4) is 5.75 Å². The van der Waals surface area contributed by atoms with Crippen LogP contribution in [0.25, 0.3) is 11.6 Å². The van der Waals surface area contributed by atoms with Gasteiger partial charge < -0.3 is 4.74 Å². The zero-order valence-corrected chi connectivity index (χ0v) is 18.1. The van der Waals surface area contributed by atoms with E-state index in [2.05, 4.69) is 0 Å². The molecule has 6 nitrogen and oxygen atoms in total. The lowest BCUT2D eigenvalue weighted by Gasteiger charge is -2.13. The number of fused-ring (bicyclic) bond motifs is 1. The van der Waals surface area contributed by atoms with Crippen LogP contribution < -0.4 is 9.88 Å². The monoisotopic (exact) mass is 433 g/mol. The number of hydrogen-bond donors (Lipinski definition) is 1. The van der Waals surface area contributed by atoms with Crippen molar-refractivity contribution in [2.45, 2.75) is 18.2 Å². The fourth-order valence-electron chi connectivity index (χ4n) is 3.54. The number of benzene rings is 2. The Hall–Kier alpha value is -2.42. The summed E-state index contributed by atoms with van der Waals surface area (Å²) in [7, 11) is -5.50. The first kappa shape index (κ1) is 21.3. The number of sulfonamides is 1. The molecule has 1 aliphatic carbocycles. The molecule has 0 saturated carbocycles. The second-order valence-corrected chi connectivity index (χ2v) is 10.9. The molecule has 2 aromatic carbocycles. The maximum absolute atomic E-state index is 12.1. The average Bonchev–Trinajstić information content (AvgIpc) is 2.94. The van der Waals surface area contributed by atoms with Gasteiger partial charge in [0.2, 0.25) is 10.0 Å². The van der Waals surface area contributed by atoms with Gasteiger partial charge in [0.05, 0.1) is 17.8 Å². The molecule has 2 N–H and O–H groups in total. The lowest BCUT2D eigenvalue weighted by atomic mass is 9.96. The summed E-state index contributed by atoms with van der Waals surface area (Å²) < 4.78 is 52.5. The SMILES string of the molecule is COc1ccc2c(c1)C(/C(=C/c1ccc(S(N)(=O)=O)cc1)CS(C)(=O)=O)=C(C)C2. The fourth-order valence-corrected chi connectivity index (χ4v) is 4.85. The predicted molar refractivity (Wildman–Crippen MR) is 115 cm³/mol. The number of rotatable bonds is 6. The zero-order chi connectivity index (χ0) is 21.4. The number of allylic oxidation sites excluding steroid dienone is 2. The minimum absolute atomic E-state index is 0.00524. The van der Waals surface area contributed by atoms with Crippen LogP contribution in [0.2, 0.25) is 0 Å². The van der Waals surface area contributed by atoms with Crippen molar-refractivity contribution in [2.24, 2.45) is 5.14 Å². The summed E-state index contributed by atoms with van der Waals surface area (Å²) in [6.45, 7) is 1.99. The topological polar surface area (TPSA) is 104 Å². The Morgan fingerprint density at radius 2 is 1.76 bits per heavy atom. The van der Waals surface area contributed by atoms with Crippen LogP contribution >= 0.6 is 0 Å². The van der Waals surface area contributed by atoms with Gasteiger partial charge in [-0.3, -0.25) is 0 Å². The van der Waals surface area contributed by atoms with Crippen LogP contribution in [0.1, 0.15) is 23.6 Å². The van der Waals surface area contributed by atoms with Crippen molar-refractivity contribution in [1.82, 2.24) is 0 Å². The third kappa shape index (κ3) is 4.95. The van der Waals surface area contributed by atoms with Crippen LogP contribution in [-0.2, 0) is 26.3 Å². The van der Waals surface area contributed by atoms with Gasteiger partial charge in [-0.25, -0.2) is 22.0 Å². The molecule has 0 spiro atoms. The smallest absolute Gasteiger partial charge is 0.238 e. The van der Waals surface area contributed by atoms with Gasteiger partial charge >= 0.3 is 0 Å². The molecule has 3 rings (SSSR count). The third-order valence-corrected chi connectivity index (χ3v) is 6.52. The van der Waals surface area contributed by atoms with E-state index in [-0.39, 0.29) is 10.6 Å². The summed E-state index contributed by atoms with van der Waals surface area (Å²) >= 11 is 0. The fraction of sp³-hybridized carbons (Fsp3) is 0.238. The third-order valence-electron chi connectivity index (χ3n) is 4.76. The van der Waals surface area contributed by atoms with E-state index >= 15 is 0 Å². The molecule has 0 amide bonds. The Morgan fingerprint density at radius 1 is 1.10 bits per heavy atom. The van der Waals surface area contributed by atoms with Crippen LogP contribution in [0.4, 0.5) is 0 Å². The average molecular weight is 434 g/mol. The lowest BCUT2D eigenvalue weighted by molar-refractivity contribution is 0.414. The number of primary sulfonamides is 1. The zero-order valence-electron chi connectivity index (χ0n) is 16.5. The van der Waals surface area contributed by atoms with Crippen LogP contribution in [-0.4, -0.2) is 36.0 Å². The molecular weight excluding hydrogens is 410 g/mol. The summed E-state index contributed by atoms with van der Waals surface area (Å²) in [5, 5.41) is 5.15. The highest BCUT2D eigenvalue weighted by Crippen LogP contribution is 2.40. The van der Waals surface area contributed by atoms with Crippen LogP contribution in [0.5, 0.6) is 5.75 Å². The Morgan fingerprint density at radius 3 is 2.31 bits per heavy atom. The summed E-state index contributed by atoms with van der Waals surface area (Å²) in [6, 6.07) is 11.8. The highest BCUT2D eigenvalue weighted by molar-refractivity contribution is 7.90. The molecule has 0 atom stereocenters. The second-order valence-electron chi connectivity index (χ2n) is 7.21. The molecule has 0 radical (unpaired) electrons. The Balaban J connectivity index is 2.12. The van der Waals surface area contributed by atoms with Gasteiger partial charge in [0.15, 0.2) is 9.84 Å². The molecule has 29 heavy (non-hydrogen) atoms. The van der Waals surface area contributed by atoms with Crippen molar-refractivity contribution >= 4 is 31.5 Å². The van der Waals surface area contributed by atoms with E-state index in [1.807, 2.05) is 25.1 Å². The first-order valence-electron chi connectivity index (χ1n) is 8.86. The largest absolute Gasteiger partial charge is 0.497 e. The first-order chi connectivity index (χ1) is 13.5. The van der Waals surface area contributed by atoms with Crippen LogP contribution in [0.3, 0.4) is 0 Å². The van der Waals surface area contributed by atoms with E-state index in [0.717, 1.165) is 28.7 Å². The molecule has 0 aromatic heterocycles. The number of ether oxygens (including phenoxy) is 1. The molecule has 2 aromatic rings. The molecule has 0 saturated heterocycles. The van der Waals surface area contributed by atoms with Crippen LogP contribution in [0, 0.1) is 0 Å². The van der Waals surface area contributed by atoms with E-state index in [0.29, 0.717) is 16.9 Å². The molecule has 8 heteroatoms. The van der Waals surface area contributed by atoms with E-state index in [1.165, 1.54) is 18.4 Å². The first-order valence-corrected chi connectivity index (χ1v) is 12.5. The highest BCUT2D eigenvalue weighted by Gasteiger charge is 2.24. The van der Waals surface area contributed by atoms with Gasteiger partial charge in [-0.15, -0.1) is 0 Å². The van der Waals surface area contributed by atoms with Gasteiger partial charge in [-0.2, -0.15) is 0 Å². The molecule has 0 fully saturated rings. The molecule has 1 aliphatic rings. The van der Waals surface area contributed by atoms with Gasteiger partial charge in [0, 0.05) is 6.26 Å². The molecule has 0 aliphatic heterocycles. The minimum atomic E-state index is -3.79. The number of sulfone groups is 1. The molecular formula is C21H23NO5S2. The summed E-state index contributed by atoms with van der Waals surface area (Å²) in [4.78, 5) is 0.00524. The van der Waals surface area contributed by atoms with E-state index in [4.69, 9.17) is 9.88 Å². The standard InChI is InChI=1S/C21H23NO5S2/c1-14-10-16-6-7-18(27-2)12-20(16)21(14)17(13-28(3,23)24)11-15-4-8-19(9-5-15)29(22,25)26/h4-9,11-12H,10,13H2,1-3H3,(H2,22,25,26)/b17-11+. The number of nitrogens with two attached hydrogens (primary N) is 1. The minimum Gasteiger partial charge on any atom is -0.497 e. The molecule has 0 heterocycles. The van der Waals surface area contributed by atoms with Crippen LogP contribution in [0.15, 0.2) is 58.5 Å². The number of hydrogen-bond acceptors (Lipinski definition) is 5. The predicted octanol–water partition coefficient (Wildman–Crippen LogP) is 2.80. The van der Waals surface area contributed by atoms with Gasteiger partial charge in [-0.1, -0.05) is 29.8 Å². The maximum atomic E-state index is 12.1. The van der Waals surface area contributed by atoms with Gasteiger partial charge in [-0.05, 0) is 65.4 Å². The van der Waals surface area contributed by atoms with Crippen molar-refractivity contribution < 1.29 is 21.6 Å². The van der Waals surface area contributed by atoms with Gasteiger partial charge in [0.1, 0.15) is 5.75 Å². The van der Waals surface area contributed by atoms with Crippen molar-refractivity contribution in [2.75, 3.05) is 19.1 Å². The second kappa shape index (κ2) is 7.78. The molecule has 0 unspecified atom stereocenters. The van der Waals surface area contributed by atoms with Crippen molar-refractivity contribution in [3.63, 3.8) is 0 Å². The Labute approximate surface area is 171 Å². The summed E-state index contributed by atoms with van der Waals surface area (Å²) in [5.74, 6) is 0.569. The molecule has 154 valence electrons. The highest BCUT2D eigenvalue weighted by atomic mass is 32.2. The van der Waals surface area contributed by atoms with E-state index < -0.39 is 19.9 Å². The number of methoxy groups -OCH3 is 1. The Bertz CT molecular complexity index is 1220. The van der Waals surface area contributed by atoms with E-state index in [1.54, 1.807) is 25.3 Å². The lowest BCUT2D eigenvalue weighted by Crippen LogP contribution is -2.11. The van der Waals surface area contributed by atoms with Crippen molar-refractivity contribution in [1.29, 1.82) is 0 Å². The Kier molecular flexibility index (Phi) is 5.71. The normalized spacial score (nSPS) is 14.8.